The van der Waals surface area contributed by atoms with Crippen LogP contribution in [0.15, 0.2) is 77.8 Å². The van der Waals surface area contributed by atoms with E-state index in [0.29, 0.717) is 10.7 Å². The highest BCUT2D eigenvalue weighted by molar-refractivity contribution is 7.92. The number of nitrogens with zero attached hydrogens (tertiary/aromatic N) is 2. The number of amides is 1. The van der Waals surface area contributed by atoms with Crippen molar-refractivity contribution in [3.8, 4) is 0 Å². The van der Waals surface area contributed by atoms with Crippen LogP contribution in [0.5, 0.6) is 0 Å². The fourth-order valence-corrected chi connectivity index (χ4v) is 5.37. The van der Waals surface area contributed by atoms with Crippen molar-refractivity contribution < 1.29 is 21.6 Å². The molecule has 1 heterocycles. The van der Waals surface area contributed by atoms with E-state index in [2.05, 4.69) is 15.0 Å². The third kappa shape index (κ3) is 6.21. The minimum atomic E-state index is -3.87. The molecule has 0 unspecified atom stereocenters. The van der Waals surface area contributed by atoms with E-state index in [9.17, 15) is 21.6 Å². The predicted octanol–water partition coefficient (Wildman–Crippen LogP) is 3.33. The first-order chi connectivity index (χ1) is 15.5. The molecule has 0 aliphatic carbocycles. The van der Waals surface area contributed by atoms with E-state index in [4.69, 9.17) is 11.6 Å². The normalized spacial score (nSPS) is 12.6. The van der Waals surface area contributed by atoms with E-state index in [0.717, 1.165) is 10.6 Å². The van der Waals surface area contributed by atoms with Crippen LogP contribution >= 0.6 is 11.6 Å². The van der Waals surface area contributed by atoms with Crippen molar-refractivity contribution in [3.05, 3.63) is 77.9 Å². The van der Waals surface area contributed by atoms with Gasteiger partial charge in [0.15, 0.2) is 0 Å². The van der Waals surface area contributed by atoms with Crippen LogP contribution in [0, 0.1) is 0 Å². The Kier molecular flexibility index (Phi) is 7.25. The summed E-state index contributed by atoms with van der Waals surface area (Å²) in [5.41, 5.74) is 0.540. The third-order valence-corrected chi connectivity index (χ3v) is 7.33. The summed E-state index contributed by atoms with van der Waals surface area (Å²) in [7, 11) is -7.68. The van der Waals surface area contributed by atoms with E-state index in [1.54, 1.807) is 24.3 Å². The standard InChI is InChI=1S/C21H21ClN4O5S2/c1-15(26(32(2,28)29)18-7-5-6-16(22)14-18)21(27)24-17-9-11-19(12-10-17)33(30,31)25-20-8-3-4-13-23-20/h3-15H,1-2H3,(H,23,25)(H,24,27)/t15-/m1/s1. The monoisotopic (exact) mass is 508 g/mol. The Morgan fingerprint density at radius 2 is 1.70 bits per heavy atom. The molecule has 0 aliphatic heterocycles. The highest BCUT2D eigenvalue weighted by Crippen LogP contribution is 2.25. The summed E-state index contributed by atoms with van der Waals surface area (Å²) in [6, 6.07) is 15.3. The Morgan fingerprint density at radius 1 is 1.00 bits per heavy atom. The molecular weight excluding hydrogens is 488 g/mol. The minimum absolute atomic E-state index is 0.0316. The lowest BCUT2D eigenvalue weighted by molar-refractivity contribution is -0.116. The average molecular weight is 509 g/mol. The molecule has 0 aliphatic rings. The number of carbonyl (C=O) groups is 1. The van der Waals surface area contributed by atoms with Crippen LogP contribution in [0.1, 0.15) is 6.92 Å². The van der Waals surface area contributed by atoms with Crippen molar-refractivity contribution in [1.82, 2.24) is 4.98 Å². The maximum Gasteiger partial charge on any atom is 0.263 e. The maximum absolute atomic E-state index is 12.8. The molecule has 0 saturated carbocycles. The van der Waals surface area contributed by atoms with Gasteiger partial charge in [0.1, 0.15) is 11.9 Å². The second kappa shape index (κ2) is 9.77. The number of hydrogen-bond donors (Lipinski definition) is 2. The summed E-state index contributed by atoms with van der Waals surface area (Å²) in [5.74, 6) is -0.437. The number of halogens is 1. The minimum Gasteiger partial charge on any atom is -0.324 e. The van der Waals surface area contributed by atoms with Crippen molar-refractivity contribution in [2.75, 3.05) is 20.6 Å². The first-order valence-electron chi connectivity index (χ1n) is 9.57. The van der Waals surface area contributed by atoms with Gasteiger partial charge in [-0.2, -0.15) is 0 Å². The number of carbonyl (C=O) groups excluding carboxylic acids is 1. The number of aromatic nitrogens is 1. The number of hydrogen-bond acceptors (Lipinski definition) is 6. The first kappa shape index (κ1) is 24.5. The van der Waals surface area contributed by atoms with Gasteiger partial charge in [-0.3, -0.25) is 13.8 Å². The third-order valence-electron chi connectivity index (χ3n) is 4.49. The summed E-state index contributed by atoms with van der Waals surface area (Å²) in [4.78, 5) is 16.7. The maximum atomic E-state index is 12.8. The lowest BCUT2D eigenvalue weighted by atomic mass is 10.2. The molecule has 174 valence electrons. The van der Waals surface area contributed by atoms with Crippen LogP contribution in [-0.2, 0) is 24.8 Å². The van der Waals surface area contributed by atoms with Gasteiger partial charge in [-0.25, -0.2) is 21.8 Å². The Bertz CT molecular complexity index is 1350. The zero-order chi connectivity index (χ0) is 24.2. The molecule has 1 atom stereocenters. The number of sulfonamides is 2. The molecule has 3 aromatic rings. The predicted molar refractivity (Wildman–Crippen MR) is 128 cm³/mol. The number of pyridine rings is 1. The van der Waals surface area contributed by atoms with Gasteiger partial charge in [0.05, 0.1) is 16.8 Å². The Hall–Kier alpha value is -3.15. The number of nitrogens with one attached hydrogen (secondary N) is 2. The van der Waals surface area contributed by atoms with E-state index in [1.165, 1.54) is 55.6 Å². The molecule has 0 spiro atoms. The molecule has 33 heavy (non-hydrogen) atoms. The van der Waals surface area contributed by atoms with Crippen molar-refractivity contribution >= 4 is 54.7 Å². The second-order valence-electron chi connectivity index (χ2n) is 7.05. The van der Waals surface area contributed by atoms with Crippen molar-refractivity contribution in [1.29, 1.82) is 0 Å². The zero-order valence-corrected chi connectivity index (χ0v) is 20.0. The van der Waals surface area contributed by atoms with E-state index < -0.39 is 32.0 Å². The smallest absolute Gasteiger partial charge is 0.263 e. The van der Waals surface area contributed by atoms with Gasteiger partial charge in [-0.05, 0) is 61.5 Å². The van der Waals surface area contributed by atoms with Crippen LogP contribution < -0.4 is 14.3 Å². The summed E-state index contributed by atoms with van der Waals surface area (Å²) >= 11 is 5.98. The molecule has 0 bridgehead atoms. The summed E-state index contributed by atoms with van der Waals surface area (Å²) in [5, 5.41) is 2.93. The molecule has 3 rings (SSSR count). The van der Waals surface area contributed by atoms with E-state index in [1.807, 2.05) is 0 Å². The summed E-state index contributed by atoms with van der Waals surface area (Å²) in [6.07, 6.45) is 2.45. The van der Waals surface area contributed by atoms with Crippen LogP contribution in [0.3, 0.4) is 0 Å². The molecule has 9 nitrogen and oxygen atoms in total. The van der Waals surface area contributed by atoms with Crippen molar-refractivity contribution in [2.24, 2.45) is 0 Å². The van der Waals surface area contributed by atoms with Crippen LogP contribution in [0.2, 0.25) is 5.02 Å². The Morgan fingerprint density at radius 3 is 2.27 bits per heavy atom. The molecule has 12 heteroatoms. The van der Waals surface area contributed by atoms with Crippen LogP contribution in [0.25, 0.3) is 0 Å². The highest BCUT2D eigenvalue weighted by atomic mass is 35.5. The molecule has 2 aromatic carbocycles. The summed E-state index contributed by atoms with van der Waals surface area (Å²) in [6.45, 7) is 1.44. The number of anilines is 3. The van der Waals surface area contributed by atoms with Gasteiger partial charge < -0.3 is 5.32 Å². The largest absolute Gasteiger partial charge is 0.324 e. The van der Waals surface area contributed by atoms with Crippen LogP contribution in [0.4, 0.5) is 17.2 Å². The molecule has 1 aromatic heterocycles. The SMILES string of the molecule is C[C@H](C(=O)Nc1ccc(S(=O)(=O)Nc2ccccn2)cc1)N(c1cccc(Cl)c1)S(C)(=O)=O. The average Bonchev–Trinajstić information content (AvgIpc) is 2.73. The lowest BCUT2D eigenvalue weighted by Gasteiger charge is -2.28. The second-order valence-corrected chi connectivity index (χ2v) is 11.0. The molecule has 2 N–H and O–H groups in total. The quantitative estimate of drug-likeness (QED) is 0.480. The van der Waals surface area contributed by atoms with Crippen molar-refractivity contribution in [3.63, 3.8) is 0 Å². The molecule has 0 fully saturated rings. The molecule has 0 saturated heterocycles. The van der Waals surface area contributed by atoms with E-state index >= 15 is 0 Å². The van der Waals surface area contributed by atoms with Crippen molar-refractivity contribution in [2.45, 2.75) is 17.9 Å². The molecule has 0 radical (unpaired) electrons. The summed E-state index contributed by atoms with van der Waals surface area (Å²) < 4.78 is 53.1. The molecule has 1 amide bonds. The van der Waals surface area contributed by atoms with Gasteiger partial charge in [0, 0.05) is 16.9 Å². The van der Waals surface area contributed by atoms with Gasteiger partial charge in [0.25, 0.3) is 10.0 Å². The lowest BCUT2D eigenvalue weighted by Crippen LogP contribution is -2.45. The topological polar surface area (TPSA) is 126 Å². The van der Waals surface area contributed by atoms with Gasteiger partial charge in [-0.15, -0.1) is 0 Å². The van der Waals surface area contributed by atoms with Gasteiger partial charge >= 0.3 is 0 Å². The van der Waals surface area contributed by atoms with E-state index in [-0.39, 0.29) is 16.4 Å². The zero-order valence-electron chi connectivity index (χ0n) is 17.6. The van der Waals surface area contributed by atoms with Crippen LogP contribution in [-0.4, -0.2) is 40.0 Å². The number of rotatable bonds is 8. The fraction of sp³-hybridized carbons (Fsp3) is 0.143. The first-order valence-corrected chi connectivity index (χ1v) is 13.3. The number of benzene rings is 2. The Labute approximate surface area is 197 Å². The van der Waals surface area contributed by atoms with Gasteiger partial charge in [-0.1, -0.05) is 23.7 Å². The highest BCUT2D eigenvalue weighted by Gasteiger charge is 2.29. The van der Waals surface area contributed by atoms with Gasteiger partial charge in [0.2, 0.25) is 15.9 Å². The Balaban J connectivity index is 1.76. The fourth-order valence-electron chi connectivity index (χ4n) is 3.01. The molecular formula is C21H21ClN4O5S2.